The first-order chi connectivity index (χ1) is 7.22. The molecule has 0 rings (SSSR count). The standard InChI is InChI=1S/C7H15N3O5S/c8-5(1-2-6(9)11)7(12)10-3-4-16(13,14)15/h5H,1-4,8H2,(H2,9,11)(H,10,12)(H,13,14,15)/t5-/m0/s1. The quantitative estimate of drug-likeness (QED) is 0.370. The highest BCUT2D eigenvalue weighted by atomic mass is 32.2. The molecule has 0 aromatic rings. The van der Waals surface area contributed by atoms with E-state index in [-0.39, 0.29) is 19.4 Å². The topological polar surface area (TPSA) is 153 Å². The molecule has 6 N–H and O–H groups in total. The van der Waals surface area contributed by atoms with Crippen LogP contribution in [-0.2, 0) is 19.7 Å². The number of amides is 2. The number of hydrogen-bond donors (Lipinski definition) is 4. The lowest BCUT2D eigenvalue weighted by Gasteiger charge is -2.10. The van der Waals surface area contributed by atoms with Gasteiger partial charge in [0.1, 0.15) is 0 Å². The third kappa shape index (κ3) is 8.15. The van der Waals surface area contributed by atoms with E-state index in [1.54, 1.807) is 0 Å². The molecule has 0 unspecified atom stereocenters. The molecule has 0 aromatic heterocycles. The first-order valence-corrected chi connectivity index (χ1v) is 6.10. The number of rotatable bonds is 7. The van der Waals surface area contributed by atoms with E-state index in [1.807, 2.05) is 0 Å². The zero-order valence-corrected chi connectivity index (χ0v) is 9.37. The Bertz CT molecular complexity index is 353. The van der Waals surface area contributed by atoms with E-state index in [0.29, 0.717) is 0 Å². The fourth-order valence-electron chi connectivity index (χ4n) is 0.863. The van der Waals surface area contributed by atoms with Crippen molar-refractivity contribution in [1.29, 1.82) is 0 Å². The van der Waals surface area contributed by atoms with Gasteiger partial charge in [0.15, 0.2) is 0 Å². The van der Waals surface area contributed by atoms with Crippen LogP contribution in [0.3, 0.4) is 0 Å². The molecule has 0 radical (unpaired) electrons. The Morgan fingerprint density at radius 1 is 1.38 bits per heavy atom. The molecule has 0 saturated heterocycles. The molecule has 9 heteroatoms. The lowest BCUT2D eigenvalue weighted by Crippen LogP contribution is -2.42. The van der Waals surface area contributed by atoms with Crippen molar-refractivity contribution in [3.63, 3.8) is 0 Å². The van der Waals surface area contributed by atoms with Crippen LogP contribution in [0.4, 0.5) is 0 Å². The summed E-state index contributed by atoms with van der Waals surface area (Å²) in [4.78, 5) is 21.6. The van der Waals surface area contributed by atoms with Crippen molar-refractivity contribution in [2.45, 2.75) is 18.9 Å². The first-order valence-electron chi connectivity index (χ1n) is 4.49. The number of carbonyl (C=O) groups excluding carboxylic acids is 2. The van der Waals surface area contributed by atoms with Crippen molar-refractivity contribution in [3.05, 3.63) is 0 Å². The molecule has 0 spiro atoms. The zero-order chi connectivity index (χ0) is 12.8. The molecule has 0 bridgehead atoms. The SMILES string of the molecule is NC(=O)CC[C@H](N)C(=O)NCCS(=O)(=O)O. The van der Waals surface area contributed by atoms with E-state index >= 15 is 0 Å². The normalized spacial score (nSPS) is 13.1. The summed E-state index contributed by atoms with van der Waals surface area (Å²) in [6.07, 6.45) is 0.0694. The van der Waals surface area contributed by atoms with Gasteiger partial charge < -0.3 is 16.8 Å². The van der Waals surface area contributed by atoms with E-state index in [2.05, 4.69) is 5.32 Å². The predicted molar refractivity (Wildman–Crippen MR) is 55.8 cm³/mol. The monoisotopic (exact) mass is 253 g/mol. The molecule has 0 heterocycles. The molecule has 0 saturated carbocycles. The zero-order valence-electron chi connectivity index (χ0n) is 8.55. The summed E-state index contributed by atoms with van der Waals surface area (Å²) in [5.74, 6) is -1.74. The average molecular weight is 253 g/mol. The third-order valence-corrected chi connectivity index (χ3v) is 2.42. The van der Waals surface area contributed by atoms with Crippen LogP contribution < -0.4 is 16.8 Å². The van der Waals surface area contributed by atoms with E-state index in [4.69, 9.17) is 16.0 Å². The van der Waals surface area contributed by atoms with Gasteiger partial charge in [-0.15, -0.1) is 0 Å². The summed E-state index contributed by atoms with van der Waals surface area (Å²) in [5.41, 5.74) is 10.2. The van der Waals surface area contributed by atoms with E-state index in [9.17, 15) is 18.0 Å². The van der Waals surface area contributed by atoms with Crippen LogP contribution in [0.25, 0.3) is 0 Å². The second kappa shape index (κ2) is 6.40. The van der Waals surface area contributed by atoms with E-state index in [1.165, 1.54) is 0 Å². The Hall–Kier alpha value is -1.19. The minimum atomic E-state index is -4.10. The molecule has 2 amide bonds. The molecule has 94 valence electrons. The van der Waals surface area contributed by atoms with Gasteiger partial charge in [-0.1, -0.05) is 0 Å². The lowest BCUT2D eigenvalue weighted by molar-refractivity contribution is -0.122. The molecule has 0 aliphatic rings. The van der Waals surface area contributed by atoms with Crippen molar-refractivity contribution < 1.29 is 22.6 Å². The molecule has 0 aliphatic carbocycles. The van der Waals surface area contributed by atoms with Crippen molar-refractivity contribution in [3.8, 4) is 0 Å². The fourth-order valence-corrected chi connectivity index (χ4v) is 1.22. The highest BCUT2D eigenvalue weighted by Gasteiger charge is 2.14. The molecular weight excluding hydrogens is 238 g/mol. The smallest absolute Gasteiger partial charge is 0.266 e. The Kier molecular flexibility index (Phi) is 5.93. The molecule has 0 aliphatic heterocycles. The third-order valence-electron chi connectivity index (χ3n) is 1.70. The molecule has 8 nitrogen and oxygen atoms in total. The second-order valence-corrected chi connectivity index (χ2v) is 4.76. The van der Waals surface area contributed by atoms with Crippen LogP contribution in [0.15, 0.2) is 0 Å². The molecule has 0 fully saturated rings. The molecule has 1 atom stereocenters. The summed E-state index contributed by atoms with van der Waals surface area (Å²) in [6, 6.07) is -0.922. The van der Waals surface area contributed by atoms with Crippen LogP contribution >= 0.6 is 0 Å². The second-order valence-electron chi connectivity index (χ2n) is 3.19. The van der Waals surface area contributed by atoms with Crippen LogP contribution in [0, 0.1) is 0 Å². The summed E-state index contributed by atoms with van der Waals surface area (Å²) < 4.78 is 29.0. The number of nitrogens with two attached hydrogens (primary N) is 2. The first kappa shape index (κ1) is 14.8. The number of carbonyl (C=O) groups is 2. The van der Waals surface area contributed by atoms with Gasteiger partial charge in [-0.25, -0.2) is 0 Å². The van der Waals surface area contributed by atoms with Gasteiger partial charge in [-0.05, 0) is 6.42 Å². The minimum absolute atomic E-state index is 0.0209. The van der Waals surface area contributed by atoms with Crippen molar-refractivity contribution in [2.24, 2.45) is 11.5 Å². The van der Waals surface area contributed by atoms with Gasteiger partial charge in [-0.2, -0.15) is 8.42 Å². The van der Waals surface area contributed by atoms with Crippen molar-refractivity contribution in [1.82, 2.24) is 5.32 Å². The maximum atomic E-state index is 11.2. The summed E-state index contributed by atoms with van der Waals surface area (Å²) in [7, 11) is -4.10. The lowest BCUT2D eigenvalue weighted by atomic mass is 10.1. The predicted octanol–water partition coefficient (Wildman–Crippen LogP) is -2.42. The largest absolute Gasteiger partial charge is 0.370 e. The summed E-state index contributed by atoms with van der Waals surface area (Å²) in [5, 5.41) is 2.21. The Morgan fingerprint density at radius 2 is 1.94 bits per heavy atom. The van der Waals surface area contributed by atoms with Crippen LogP contribution in [-0.4, -0.2) is 43.1 Å². The van der Waals surface area contributed by atoms with Gasteiger partial charge in [0.2, 0.25) is 11.8 Å². The van der Waals surface area contributed by atoms with Crippen molar-refractivity contribution in [2.75, 3.05) is 12.3 Å². The maximum absolute atomic E-state index is 11.2. The van der Waals surface area contributed by atoms with E-state index < -0.39 is 33.7 Å². The van der Waals surface area contributed by atoms with Crippen LogP contribution in [0.2, 0.25) is 0 Å². The van der Waals surface area contributed by atoms with Gasteiger partial charge >= 0.3 is 0 Å². The average Bonchev–Trinajstić information content (AvgIpc) is 2.11. The Labute approximate surface area is 93.1 Å². The number of primary amides is 1. The fraction of sp³-hybridized carbons (Fsp3) is 0.714. The van der Waals surface area contributed by atoms with Gasteiger partial charge in [0.05, 0.1) is 11.8 Å². The highest BCUT2D eigenvalue weighted by Crippen LogP contribution is 1.93. The summed E-state index contributed by atoms with van der Waals surface area (Å²) >= 11 is 0. The van der Waals surface area contributed by atoms with Gasteiger partial charge in [0.25, 0.3) is 10.1 Å². The number of nitrogens with one attached hydrogen (secondary N) is 1. The highest BCUT2D eigenvalue weighted by molar-refractivity contribution is 7.85. The van der Waals surface area contributed by atoms with Crippen molar-refractivity contribution >= 4 is 21.9 Å². The molecular formula is C7H15N3O5S. The van der Waals surface area contributed by atoms with Crippen LogP contribution in [0.1, 0.15) is 12.8 Å². The van der Waals surface area contributed by atoms with E-state index in [0.717, 1.165) is 0 Å². The number of hydrogen-bond acceptors (Lipinski definition) is 5. The Balaban J connectivity index is 3.84. The van der Waals surface area contributed by atoms with Gasteiger partial charge in [0, 0.05) is 13.0 Å². The van der Waals surface area contributed by atoms with Crippen LogP contribution in [0.5, 0.6) is 0 Å². The maximum Gasteiger partial charge on any atom is 0.266 e. The molecule has 16 heavy (non-hydrogen) atoms. The minimum Gasteiger partial charge on any atom is -0.370 e. The summed E-state index contributed by atoms with van der Waals surface area (Å²) in [6.45, 7) is -0.234. The Morgan fingerprint density at radius 3 is 2.38 bits per heavy atom. The van der Waals surface area contributed by atoms with Gasteiger partial charge in [-0.3, -0.25) is 14.1 Å². The molecule has 0 aromatic carbocycles.